The molecule has 19 heavy (non-hydrogen) atoms. The van der Waals surface area contributed by atoms with Crippen LogP contribution >= 0.6 is 0 Å². The highest BCUT2D eigenvalue weighted by Gasteiger charge is 2.54. The minimum absolute atomic E-state index is 0.0690. The molecule has 0 aliphatic heterocycles. The molecular weight excluding hydrogens is 245 g/mol. The monoisotopic (exact) mass is 261 g/mol. The maximum Gasteiger partial charge on any atom is 0.224 e. The Labute approximate surface area is 110 Å². The van der Waals surface area contributed by atoms with Crippen LogP contribution in [-0.2, 0) is 4.79 Å². The molecule has 0 saturated heterocycles. The second-order valence-electron chi connectivity index (χ2n) is 5.47. The Kier molecular flexibility index (Phi) is 2.46. The number of amides is 1. The molecule has 100 valence electrons. The first kappa shape index (κ1) is 12.2. The third-order valence-corrected chi connectivity index (χ3v) is 4.44. The second-order valence-corrected chi connectivity index (χ2v) is 5.47. The van der Waals surface area contributed by atoms with Gasteiger partial charge in [0.15, 0.2) is 0 Å². The Morgan fingerprint density at radius 1 is 1.47 bits per heavy atom. The largest absolute Gasteiger partial charge is 0.460 e. The van der Waals surface area contributed by atoms with Crippen molar-refractivity contribution in [1.82, 2.24) is 0 Å². The lowest BCUT2D eigenvalue weighted by Crippen LogP contribution is -2.29. The molecule has 0 unspecified atom stereocenters. The van der Waals surface area contributed by atoms with Crippen molar-refractivity contribution in [2.24, 2.45) is 11.1 Å². The summed E-state index contributed by atoms with van der Waals surface area (Å²) in [6.45, 7) is 3.85. The molecule has 1 heterocycles. The van der Waals surface area contributed by atoms with E-state index in [2.05, 4.69) is 0 Å². The molecule has 0 bridgehead atoms. The third kappa shape index (κ3) is 1.66. The summed E-state index contributed by atoms with van der Waals surface area (Å²) in [7, 11) is 0. The van der Waals surface area contributed by atoms with Crippen molar-refractivity contribution >= 4 is 16.9 Å². The number of furan rings is 1. The maximum atomic E-state index is 13.3. The number of halogens is 1. The Hall–Kier alpha value is -1.84. The predicted octanol–water partition coefficient (Wildman–Crippen LogP) is 3.25. The first-order chi connectivity index (χ1) is 8.95. The number of nitrogens with two attached hydrogens (primary N) is 1. The Bertz CT molecular complexity index is 670. The molecule has 4 heteroatoms. The minimum Gasteiger partial charge on any atom is -0.460 e. The van der Waals surface area contributed by atoms with Gasteiger partial charge in [0, 0.05) is 11.3 Å². The van der Waals surface area contributed by atoms with E-state index in [1.165, 1.54) is 12.1 Å². The average molecular weight is 261 g/mol. The van der Waals surface area contributed by atoms with Gasteiger partial charge < -0.3 is 10.2 Å². The van der Waals surface area contributed by atoms with Crippen molar-refractivity contribution in [3.8, 4) is 0 Å². The van der Waals surface area contributed by atoms with E-state index in [1.54, 1.807) is 6.07 Å². The molecule has 3 nitrogen and oxygen atoms in total. The quantitative estimate of drug-likeness (QED) is 0.922. The van der Waals surface area contributed by atoms with Crippen LogP contribution in [0.25, 0.3) is 11.0 Å². The number of benzene rings is 1. The van der Waals surface area contributed by atoms with Gasteiger partial charge in [0.05, 0.1) is 5.41 Å². The van der Waals surface area contributed by atoms with Crippen molar-refractivity contribution in [2.45, 2.75) is 32.6 Å². The number of rotatable bonds is 3. The first-order valence-corrected chi connectivity index (χ1v) is 6.44. The van der Waals surface area contributed by atoms with Crippen LogP contribution in [0.3, 0.4) is 0 Å². The normalized spacial score (nSPS) is 18.5. The number of primary amides is 1. The summed E-state index contributed by atoms with van der Waals surface area (Å²) >= 11 is 0. The Balaban J connectivity index is 2.11. The predicted molar refractivity (Wildman–Crippen MR) is 70.2 cm³/mol. The molecule has 1 atom stereocenters. The van der Waals surface area contributed by atoms with Crippen molar-refractivity contribution in [3.05, 3.63) is 35.3 Å². The summed E-state index contributed by atoms with van der Waals surface area (Å²) in [5.74, 6) is 0.120. The summed E-state index contributed by atoms with van der Waals surface area (Å²) in [5, 5.41) is 0.766. The van der Waals surface area contributed by atoms with Gasteiger partial charge in [-0.05, 0) is 43.5 Å². The van der Waals surface area contributed by atoms with Crippen molar-refractivity contribution in [3.63, 3.8) is 0 Å². The number of aryl methyl sites for hydroxylation is 1. The zero-order valence-corrected chi connectivity index (χ0v) is 11.0. The van der Waals surface area contributed by atoms with Crippen molar-refractivity contribution in [1.29, 1.82) is 0 Å². The lowest BCUT2D eigenvalue weighted by molar-refractivity contribution is -0.123. The van der Waals surface area contributed by atoms with Gasteiger partial charge in [0.1, 0.15) is 17.2 Å². The van der Waals surface area contributed by atoms with E-state index in [1.807, 2.05) is 13.8 Å². The first-order valence-electron chi connectivity index (χ1n) is 6.44. The van der Waals surface area contributed by atoms with Gasteiger partial charge in [0.2, 0.25) is 5.91 Å². The molecule has 1 amide bonds. The summed E-state index contributed by atoms with van der Waals surface area (Å²) in [6, 6.07) is 4.46. The van der Waals surface area contributed by atoms with Gasteiger partial charge in [0.25, 0.3) is 0 Å². The number of carbonyl (C=O) groups excluding carboxylic acids is 1. The van der Waals surface area contributed by atoms with Crippen LogP contribution in [-0.4, -0.2) is 5.91 Å². The van der Waals surface area contributed by atoms with E-state index >= 15 is 0 Å². The van der Waals surface area contributed by atoms with Crippen LogP contribution in [0.1, 0.15) is 37.0 Å². The molecule has 1 aliphatic carbocycles. The minimum atomic E-state index is -0.475. The van der Waals surface area contributed by atoms with Gasteiger partial charge in [-0.3, -0.25) is 4.79 Å². The van der Waals surface area contributed by atoms with E-state index < -0.39 is 5.41 Å². The third-order valence-electron chi connectivity index (χ3n) is 4.44. The molecule has 1 saturated carbocycles. The molecule has 1 aromatic carbocycles. The fourth-order valence-electron chi connectivity index (χ4n) is 2.90. The average Bonchev–Trinajstić information content (AvgIpc) is 3.12. The highest BCUT2D eigenvalue weighted by atomic mass is 19.1. The van der Waals surface area contributed by atoms with Gasteiger partial charge in [-0.2, -0.15) is 0 Å². The van der Waals surface area contributed by atoms with Gasteiger partial charge in [-0.15, -0.1) is 0 Å². The molecule has 3 rings (SSSR count). The molecule has 2 aromatic rings. The maximum absolute atomic E-state index is 13.3. The molecule has 1 aliphatic rings. The van der Waals surface area contributed by atoms with Crippen LogP contribution in [0, 0.1) is 18.2 Å². The molecular formula is C15H16FNO2. The Morgan fingerprint density at radius 3 is 2.74 bits per heavy atom. The molecule has 2 N–H and O–H groups in total. The summed E-state index contributed by atoms with van der Waals surface area (Å²) < 4.78 is 19.1. The fourth-order valence-corrected chi connectivity index (χ4v) is 2.90. The van der Waals surface area contributed by atoms with Crippen molar-refractivity contribution < 1.29 is 13.6 Å². The van der Waals surface area contributed by atoms with E-state index in [4.69, 9.17) is 10.2 Å². The topological polar surface area (TPSA) is 56.2 Å². The molecule has 1 fully saturated rings. The summed E-state index contributed by atoms with van der Waals surface area (Å²) in [5.41, 5.74) is 6.58. The lowest BCUT2D eigenvalue weighted by Gasteiger charge is -2.18. The highest BCUT2D eigenvalue weighted by Crippen LogP contribution is 2.56. The lowest BCUT2D eigenvalue weighted by atomic mass is 9.86. The fraction of sp³-hybridized carbons (Fsp3) is 0.400. The summed E-state index contributed by atoms with van der Waals surface area (Å²) in [6.07, 6.45) is 1.60. The zero-order chi connectivity index (χ0) is 13.8. The van der Waals surface area contributed by atoms with E-state index in [9.17, 15) is 9.18 Å². The van der Waals surface area contributed by atoms with Crippen LogP contribution in [0.4, 0.5) is 4.39 Å². The molecule has 1 aromatic heterocycles. The Morgan fingerprint density at radius 2 is 2.16 bits per heavy atom. The van der Waals surface area contributed by atoms with Crippen LogP contribution in [0.15, 0.2) is 22.6 Å². The van der Waals surface area contributed by atoms with E-state index in [0.717, 1.165) is 29.6 Å². The smallest absolute Gasteiger partial charge is 0.224 e. The van der Waals surface area contributed by atoms with Gasteiger partial charge in [-0.25, -0.2) is 4.39 Å². The standard InChI is InChI=1S/C15H16FNO2/c1-8-11-7-10(16)3-4-12(11)19-13(8)9(2)15(5-6-15)14(17)18/h3-4,7,9H,5-6H2,1-2H3,(H2,17,18)/t9-/m0/s1. The molecule has 0 radical (unpaired) electrons. The van der Waals surface area contributed by atoms with Crippen LogP contribution < -0.4 is 5.73 Å². The second kappa shape index (κ2) is 3.83. The number of hydrogen-bond acceptors (Lipinski definition) is 2. The highest BCUT2D eigenvalue weighted by molar-refractivity contribution is 5.86. The van der Waals surface area contributed by atoms with E-state index in [-0.39, 0.29) is 17.6 Å². The number of fused-ring (bicyclic) bond motifs is 1. The van der Waals surface area contributed by atoms with Gasteiger partial charge in [-0.1, -0.05) is 6.92 Å². The number of carbonyl (C=O) groups is 1. The van der Waals surface area contributed by atoms with E-state index in [0.29, 0.717) is 5.58 Å². The SMILES string of the molecule is Cc1c([C@H](C)C2(C(N)=O)CC2)oc2ccc(F)cc12. The van der Waals surface area contributed by atoms with Crippen molar-refractivity contribution in [2.75, 3.05) is 0 Å². The molecule has 0 spiro atoms. The van der Waals surface area contributed by atoms with Gasteiger partial charge >= 0.3 is 0 Å². The number of hydrogen-bond donors (Lipinski definition) is 1. The summed E-state index contributed by atoms with van der Waals surface area (Å²) in [4.78, 5) is 11.6. The van der Waals surface area contributed by atoms with Crippen LogP contribution in [0.2, 0.25) is 0 Å². The van der Waals surface area contributed by atoms with Crippen LogP contribution in [0.5, 0.6) is 0 Å². The zero-order valence-electron chi connectivity index (χ0n) is 11.0.